The Hall–Kier alpha value is -2.47. The zero-order valence-corrected chi connectivity index (χ0v) is 16.0. The lowest BCUT2D eigenvalue weighted by Gasteiger charge is -2.31. The highest BCUT2D eigenvalue weighted by Crippen LogP contribution is 2.35. The number of carbonyl (C=O) groups excluding carboxylic acids is 2. The van der Waals surface area contributed by atoms with Crippen molar-refractivity contribution in [3.8, 4) is 0 Å². The van der Waals surface area contributed by atoms with Gasteiger partial charge in [0.15, 0.2) is 0 Å². The van der Waals surface area contributed by atoms with Gasteiger partial charge in [0.25, 0.3) is 0 Å². The summed E-state index contributed by atoms with van der Waals surface area (Å²) in [5.74, 6) is 0.168. The molecule has 0 atom stereocenters. The van der Waals surface area contributed by atoms with E-state index in [0.717, 1.165) is 35.0 Å². The molecule has 1 fully saturated rings. The minimum absolute atomic E-state index is 0.0295. The number of anilines is 3. The Balaban J connectivity index is 1.50. The van der Waals surface area contributed by atoms with Gasteiger partial charge in [-0.2, -0.15) is 0 Å². The quantitative estimate of drug-likeness (QED) is 0.876. The molecule has 4 rings (SSSR count). The van der Waals surface area contributed by atoms with Crippen LogP contribution in [-0.2, 0) is 9.59 Å². The summed E-state index contributed by atoms with van der Waals surface area (Å²) >= 11 is 1.52. The van der Waals surface area contributed by atoms with Crippen LogP contribution in [0.4, 0.5) is 17.1 Å². The molecule has 0 radical (unpaired) electrons. The molecule has 0 saturated carbocycles. The fourth-order valence-corrected chi connectivity index (χ4v) is 4.59. The van der Waals surface area contributed by atoms with E-state index in [1.807, 2.05) is 42.5 Å². The number of rotatable bonds is 4. The molecule has 0 bridgehead atoms. The van der Waals surface area contributed by atoms with Gasteiger partial charge >= 0.3 is 0 Å². The van der Waals surface area contributed by atoms with Crippen molar-refractivity contribution in [2.24, 2.45) is 0 Å². The Morgan fingerprint density at radius 3 is 2.48 bits per heavy atom. The van der Waals surface area contributed by atoms with Gasteiger partial charge < -0.3 is 15.1 Å². The van der Waals surface area contributed by atoms with Crippen LogP contribution in [0, 0.1) is 0 Å². The van der Waals surface area contributed by atoms with Crippen LogP contribution < -0.4 is 15.1 Å². The van der Waals surface area contributed by atoms with Crippen LogP contribution in [0.3, 0.4) is 0 Å². The molecule has 2 aliphatic rings. The molecule has 27 heavy (non-hydrogen) atoms. The zero-order chi connectivity index (χ0) is 18.6. The second-order valence-electron chi connectivity index (χ2n) is 6.85. The van der Waals surface area contributed by atoms with E-state index in [-0.39, 0.29) is 18.4 Å². The van der Waals surface area contributed by atoms with Crippen molar-refractivity contribution in [1.82, 2.24) is 0 Å². The summed E-state index contributed by atoms with van der Waals surface area (Å²) in [7, 11) is 0. The van der Waals surface area contributed by atoms with Crippen LogP contribution in [-0.4, -0.2) is 37.2 Å². The lowest BCUT2D eigenvalue weighted by atomic mass is 10.1. The molecule has 2 amide bonds. The molecule has 2 aromatic rings. The normalized spacial score (nSPS) is 16.8. The summed E-state index contributed by atoms with van der Waals surface area (Å²) < 4.78 is 0. The zero-order valence-electron chi connectivity index (χ0n) is 15.2. The summed E-state index contributed by atoms with van der Waals surface area (Å²) in [6.45, 7) is 2.06. The minimum atomic E-state index is -0.172. The lowest BCUT2D eigenvalue weighted by molar-refractivity contribution is -0.120. The Morgan fingerprint density at radius 1 is 0.963 bits per heavy atom. The van der Waals surface area contributed by atoms with E-state index in [4.69, 9.17) is 0 Å². The molecule has 0 spiro atoms. The van der Waals surface area contributed by atoms with Gasteiger partial charge in [0.05, 0.1) is 22.8 Å². The highest BCUT2D eigenvalue weighted by Gasteiger charge is 2.26. The molecule has 1 saturated heterocycles. The Morgan fingerprint density at radius 2 is 1.67 bits per heavy atom. The monoisotopic (exact) mass is 381 g/mol. The van der Waals surface area contributed by atoms with E-state index in [9.17, 15) is 9.59 Å². The highest BCUT2D eigenvalue weighted by atomic mass is 32.2. The molecule has 2 aliphatic heterocycles. The maximum Gasteiger partial charge on any atom is 0.244 e. The van der Waals surface area contributed by atoms with Crippen molar-refractivity contribution in [3.05, 3.63) is 48.5 Å². The van der Waals surface area contributed by atoms with E-state index in [1.54, 1.807) is 4.90 Å². The van der Waals surface area contributed by atoms with Crippen molar-refractivity contribution in [1.29, 1.82) is 0 Å². The smallest absolute Gasteiger partial charge is 0.244 e. The van der Waals surface area contributed by atoms with Gasteiger partial charge in [-0.15, -0.1) is 11.8 Å². The number of nitrogens with one attached hydrogen (secondary N) is 1. The second kappa shape index (κ2) is 8.05. The number of thioether (sulfide) groups is 1. The van der Waals surface area contributed by atoms with Crippen LogP contribution in [0.25, 0.3) is 0 Å². The predicted molar refractivity (Wildman–Crippen MR) is 111 cm³/mol. The molecular formula is C21H23N3O2S. The van der Waals surface area contributed by atoms with Gasteiger partial charge in [-0.25, -0.2) is 0 Å². The van der Waals surface area contributed by atoms with Crippen molar-refractivity contribution in [2.75, 3.05) is 40.5 Å². The second-order valence-corrected chi connectivity index (χ2v) is 7.87. The number of nitrogens with zero attached hydrogens (tertiary/aromatic N) is 2. The van der Waals surface area contributed by atoms with Gasteiger partial charge in [0.2, 0.25) is 11.8 Å². The summed E-state index contributed by atoms with van der Waals surface area (Å²) in [5.41, 5.74) is 2.70. The van der Waals surface area contributed by atoms with Gasteiger partial charge in [0.1, 0.15) is 6.54 Å². The number of hydrogen-bond acceptors (Lipinski definition) is 4. The van der Waals surface area contributed by atoms with Gasteiger partial charge in [-0.05, 0) is 43.5 Å². The van der Waals surface area contributed by atoms with Gasteiger partial charge in [0, 0.05) is 18.0 Å². The number of amides is 2. The summed E-state index contributed by atoms with van der Waals surface area (Å²) in [4.78, 5) is 30.1. The average Bonchev–Trinajstić information content (AvgIpc) is 2.71. The highest BCUT2D eigenvalue weighted by molar-refractivity contribution is 8.00. The molecule has 6 heteroatoms. The van der Waals surface area contributed by atoms with Crippen molar-refractivity contribution >= 4 is 40.6 Å². The molecule has 2 heterocycles. The first-order valence-electron chi connectivity index (χ1n) is 9.38. The largest absolute Gasteiger partial charge is 0.370 e. The Bertz CT molecular complexity index is 849. The molecule has 5 nitrogen and oxygen atoms in total. The topological polar surface area (TPSA) is 52.7 Å². The number of hydrogen-bond donors (Lipinski definition) is 1. The molecule has 0 aromatic heterocycles. The van der Waals surface area contributed by atoms with E-state index in [0.29, 0.717) is 5.75 Å². The maximum atomic E-state index is 12.7. The van der Waals surface area contributed by atoms with Crippen LogP contribution >= 0.6 is 11.8 Å². The minimum Gasteiger partial charge on any atom is -0.370 e. The Labute approximate surface area is 163 Å². The number of piperidine rings is 1. The van der Waals surface area contributed by atoms with Crippen molar-refractivity contribution in [3.63, 3.8) is 0 Å². The van der Waals surface area contributed by atoms with E-state index in [2.05, 4.69) is 16.3 Å². The third-order valence-corrected chi connectivity index (χ3v) is 6.03. The number of para-hydroxylation sites is 3. The van der Waals surface area contributed by atoms with Gasteiger partial charge in [-0.3, -0.25) is 9.59 Å². The lowest BCUT2D eigenvalue weighted by Crippen LogP contribution is -2.41. The Kier molecular flexibility index (Phi) is 5.34. The fourth-order valence-electron chi connectivity index (χ4n) is 3.65. The predicted octanol–water partition coefficient (Wildman–Crippen LogP) is 3.75. The molecule has 0 unspecified atom stereocenters. The first kappa shape index (κ1) is 17.9. The first-order valence-corrected chi connectivity index (χ1v) is 10.4. The third-order valence-electron chi connectivity index (χ3n) is 4.98. The molecule has 0 aliphatic carbocycles. The number of carbonyl (C=O) groups is 2. The SMILES string of the molecule is O=C(CN1C(=O)CSc2ccccc21)Nc1ccccc1N1CCCCC1. The average molecular weight is 382 g/mol. The van der Waals surface area contributed by atoms with Crippen LogP contribution in [0.15, 0.2) is 53.4 Å². The van der Waals surface area contributed by atoms with Crippen LogP contribution in [0.5, 0.6) is 0 Å². The first-order chi connectivity index (χ1) is 13.2. The van der Waals surface area contributed by atoms with Crippen LogP contribution in [0.1, 0.15) is 19.3 Å². The van der Waals surface area contributed by atoms with E-state index in [1.165, 1.54) is 31.0 Å². The summed E-state index contributed by atoms with van der Waals surface area (Å²) in [5, 5.41) is 3.03. The van der Waals surface area contributed by atoms with E-state index >= 15 is 0 Å². The number of benzene rings is 2. The fraction of sp³-hybridized carbons (Fsp3) is 0.333. The molecule has 2 aromatic carbocycles. The van der Waals surface area contributed by atoms with Crippen molar-refractivity contribution < 1.29 is 9.59 Å². The standard InChI is InChI=1S/C21H23N3O2S/c25-20(14-24-18-10-4-5-11-19(18)27-15-21(24)26)22-16-8-2-3-9-17(16)23-12-6-1-7-13-23/h2-5,8-11H,1,6-7,12-15H2,(H,22,25). The number of fused-ring (bicyclic) bond motifs is 1. The summed E-state index contributed by atoms with van der Waals surface area (Å²) in [6.07, 6.45) is 3.62. The van der Waals surface area contributed by atoms with Crippen LogP contribution in [0.2, 0.25) is 0 Å². The van der Waals surface area contributed by atoms with Crippen molar-refractivity contribution in [2.45, 2.75) is 24.2 Å². The summed E-state index contributed by atoms with van der Waals surface area (Å²) in [6, 6.07) is 15.7. The molecular weight excluding hydrogens is 358 g/mol. The maximum absolute atomic E-state index is 12.7. The van der Waals surface area contributed by atoms with Gasteiger partial charge in [-0.1, -0.05) is 24.3 Å². The van der Waals surface area contributed by atoms with E-state index < -0.39 is 0 Å². The molecule has 140 valence electrons. The third kappa shape index (κ3) is 3.95. The molecule has 1 N–H and O–H groups in total.